The molecule has 0 bridgehead atoms. The van der Waals surface area contributed by atoms with Gasteiger partial charge < -0.3 is 19.9 Å². The minimum absolute atomic E-state index is 0.187. The van der Waals surface area contributed by atoms with E-state index in [1.165, 1.54) is 0 Å². The number of hydrogen-bond donors (Lipinski definition) is 2. The number of anilines is 1. The van der Waals surface area contributed by atoms with Crippen LogP contribution in [0.15, 0.2) is 18.2 Å². The smallest absolute Gasteiger partial charge is 0.184 e. The first-order valence-corrected chi connectivity index (χ1v) is 6.36. The molecule has 1 rings (SSSR count). The lowest BCUT2D eigenvalue weighted by molar-refractivity contribution is -0.105. The molecule has 0 aromatic heterocycles. The maximum atomic E-state index is 9.37. The first-order chi connectivity index (χ1) is 8.62. The highest BCUT2D eigenvalue weighted by atomic mass is 35.5. The van der Waals surface area contributed by atoms with Crippen LogP contribution in [0.4, 0.5) is 5.69 Å². The molecular weight excluding hydrogens is 277 g/mol. The van der Waals surface area contributed by atoms with Crippen molar-refractivity contribution >= 4 is 28.9 Å². The summed E-state index contributed by atoms with van der Waals surface area (Å²) in [6.07, 6.45) is -1.11. The van der Waals surface area contributed by atoms with Crippen LogP contribution in [-0.2, 0) is 9.47 Å². The molecule has 4 nitrogen and oxygen atoms in total. The Morgan fingerprint density at radius 3 is 2.56 bits per heavy atom. The van der Waals surface area contributed by atoms with Gasteiger partial charge in [-0.1, -0.05) is 11.6 Å². The molecule has 1 atom stereocenters. The molecule has 0 radical (unpaired) electrons. The van der Waals surface area contributed by atoms with Crippen molar-refractivity contribution in [3.63, 3.8) is 0 Å². The molecule has 0 aliphatic rings. The standard InChI is InChI=1S/C12H17Cl2NO3/c1-17-12(18-2)10-5-8(3-4-11(10)14)15-7-9(16)6-13/h3-5,9,12,15-16H,6-7H2,1-2H3. The summed E-state index contributed by atoms with van der Waals surface area (Å²) in [5, 5.41) is 13.0. The predicted octanol–water partition coefficient (Wildman–Crippen LogP) is 2.64. The largest absolute Gasteiger partial charge is 0.390 e. The number of ether oxygens (including phenoxy) is 2. The summed E-state index contributed by atoms with van der Waals surface area (Å²) in [6.45, 7) is 0.370. The van der Waals surface area contributed by atoms with Crippen LogP contribution in [0.3, 0.4) is 0 Å². The lowest BCUT2D eigenvalue weighted by Crippen LogP contribution is -2.20. The summed E-state index contributed by atoms with van der Waals surface area (Å²) in [5.41, 5.74) is 1.55. The van der Waals surface area contributed by atoms with Crippen LogP contribution < -0.4 is 5.32 Å². The van der Waals surface area contributed by atoms with Crippen LogP contribution in [0, 0.1) is 0 Å². The Labute approximate surface area is 117 Å². The topological polar surface area (TPSA) is 50.7 Å². The van der Waals surface area contributed by atoms with E-state index in [1.54, 1.807) is 20.3 Å². The highest BCUT2D eigenvalue weighted by Crippen LogP contribution is 2.28. The normalized spacial score (nSPS) is 12.8. The summed E-state index contributed by atoms with van der Waals surface area (Å²) >= 11 is 11.6. The zero-order chi connectivity index (χ0) is 13.5. The Balaban J connectivity index is 2.80. The van der Waals surface area contributed by atoms with Gasteiger partial charge in [-0.3, -0.25) is 0 Å². The zero-order valence-corrected chi connectivity index (χ0v) is 11.8. The summed E-state index contributed by atoms with van der Waals surface area (Å²) in [4.78, 5) is 0. The highest BCUT2D eigenvalue weighted by molar-refractivity contribution is 6.31. The van der Waals surface area contributed by atoms with E-state index in [-0.39, 0.29) is 5.88 Å². The number of methoxy groups -OCH3 is 2. The number of benzene rings is 1. The Bertz CT molecular complexity index is 372. The summed E-state index contributed by atoms with van der Waals surface area (Å²) in [7, 11) is 3.09. The molecule has 0 heterocycles. The fourth-order valence-corrected chi connectivity index (χ4v) is 1.79. The maximum Gasteiger partial charge on any atom is 0.184 e. The molecule has 0 fully saturated rings. The van der Waals surface area contributed by atoms with E-state index in [0.717, 1.165) is 11.3 Å². The number of nitrogens with one attached hydrogen (secondary N) is 1. The number of hydrogen-bond acceptors (Lipinski definition) is 4. The summed E-state index contributed by atoms with van der Waals surface area (Å²) in [5.74, 6) is 0.187. The Morgan fingerprint density at radius 2 is 2.00 bits per heavy atom. The molecule has 0 aliphatic carbocycles. The van der Waals surface area contributed by atoms with Gasteiger partial charge in [0.05, 0.1) is 12.0 Å². The third-order valence-corrected chi connectivity index (χ3v) is 3.10. The molecule has 0 amide bonds. The third kappa shape index (κ3) is 4.30. The van der Waals surface area contributed by atoms with Gasteiger partial charge in [0, 0.05) is 37.0 Å². The van der Waals surface area contributed by atoms with Crippen molar-refractivity contribution in [2.24, 2.45) is 0 Å². The van der Waals surface area contributed by atoms with E-state index in [9.17, 15) is 5.11 Å². The molecule has 6 heteroatoms. The van der Waals surface area contributed by atoms with Gasteiger partial charge in [-0.2, -0.15) is 0 Å². The van der Waals surface area contributed by atoms with E-state index in [0.29, 0.717) is 11.6 Å². The molecule has 0 saturated heterocycles. The highest BCUT2D eigenvalue weighted by Gasteiger charge is 2.14. The molecule has 0 aliphatic heterocycles. The minimum Gasteiger partial charge on any atom is -0.390 e. The maximum absolute atomic E-state index is 9.37. The van der Waals surface area contributed by atoms with Crippen LogP contribution in [0.2, 0.25) is 5.02 Å². The van der Waals surface area contributed by atoms with Gasteiger partial charge in [-0.15, -0.1) is 11.6 Å². The van der Waals surface area contributed by atoms with Crippen molar-refractivity contribution in [3.05, 3.63) is 28.8 Å². The lowest BCUT2D eigenvalue weighted by atomic mass is 10.2. The van der Waals surface area contributed by atoms with Crippen LogP contribution in [0.5, 0.6) is 0 Å². The Kier molecular flexibility index (Phi) is 6.75. The Hall–Kier alpha value is -0.520. The zero-order valence-electron chi connectivity index (χ0n) is 10.3. The van der Waals surface area contributed by atoms with E-state index < -0.39 is 12.4 Å². The SMILES string of the molecule is COC(OC)c1cc(NCC(O)CCl)ccc1Cl. The summed E-state index contributed by atoms with van der Waals surface area (Å²) in [6, 6.07) is 5.38. The van der Waals surface area contributed by atoms with Gasteiger partial charge in [0.1, 0.15) is 0 Å². The van der Waals surface area contributed by atoms with E-state index in [2.05, 4.69) is 5.32 Å². The number of rotatable bonds is 7. The number of alkyl halides is 1. The van der Waals surface area contributed by atoms with Crippen LogP contribution >= 0.6 is 23.2 Å². The predicted molar refractivity (Wildman–Crippen MR) is 73.4 cm³/mol. The second kappa shape index (κ2) is 7.81. The van der Waals surface area contributed by atoms with Gasteiger partial charge in [-0.25, -0.2) is 0 Å². The first kappa shape index (κ1) is 15.5. The molecule has 0 saturated carbocycles. The summed E-state index contributed by atoms with van der Waals surface area (Å²) < 4.78 is 10.3. The molecule has 0 spiro atoms. The van der Waals surface area contributed by atoms with Gasteiger partial charge in [0.2, 0.25) is 0 Å². The number of halogens is 2. The molecule has 2 N–H and O–H groups in total. The number of aliphatic hydroxyl groups is 1. The molecular formula is C12H17Cl2NO3. The van der Waals surface area contributed by atoms with Crippen molar-refractivity contribution in [1.29, 1.82) is 0 Å². The molecule has 1 aromatic rings. The van der Waals surface area contributed by atoms with Gasteiger partial charge in [0.15, 0.2) is 6.29 Å². The lowest BCUT2D eigenvalue weighted by Gasteiger charge is -2.17. The van der Waals surface area contributed by atoms with Crippen LogP contribution in [0.1, 0.15) is 11.9 Å². The van der Waals surface area contributed by atoms with Crippen LogP contribution in [-0.4, -0.2) is 37.9 Å². The average molecular weight is 294 g/mol. The average Bonchev–Trinajstić information content (AvgIpc) is 2.40. The van der Waals surface area contributed by atoms with Crippen LogP contribution in [0.25, 0.3) is 0 Å². The van der Waals surface area contributed by atoms with Gasteiger partial charge in [-0.05, 0) is 18.2 Å². The quantitative estimate of drug-likeness (QED) is 0.599. The fourth-order valence-electron chi connectivity index (χ4n) is 1.47. The monoisotopic (exact) mass is 293 g/mol. The molecule has 1 unspecified atom stereocenters. The third-order valence-electron chi connectivity index (χ3n) is 2.40. The van der Waals surface area contributed by atoms with E-state index in [4.69, 9.17) is 32.7 Å². The minimum atomic E-state index is -0.591. The first-order valence-electron chi connectivity index (χ1n) is 5.45. The molecule has 1 aromatic carbocycles. The molecule has 18 heavy (non-hydrogen) atoms. The fraction of sp³-hybridized carbons (Fsp3) is 0.500. The van der Waals surface area contributed by atoms with Crippen molar-refractivity contribution in [3.8, 4) is 0 Å². The van der Waals surface area contributed by atoms with Crippen molar-refractivity contribution < 1.29 is 14.6 Å². The molecule has 102 valence electrons. The van der Waals surface area contributed by atoms with Crippen molar-refractivity contribution in [2.45, 2.75) is 12.4 Å². The Morgan fingerprint density at radius 1 is 1.33 bits per heavy atom. The van der Waals surface area contributed by atoms with Gasteiger partial charge in [0.25, 0.3) is 0 Å². The second-order valence-electron chi connectivity index (χ2n) is 3.73. The van der Waals surface area contributed by atoms with E-state index >= 15 is 0 Å². The second-order valence-corrected chi connectivity index (χ2v) is 4.44. The van der Waals surface area contributed by atoms with E-state index in [1.807, 2.05) is 12.1 Å². The van der Waals surface area contributed by atoms with Crippen molar-refractivity contribution in [2.75, 3.05) is 32.0 Å². The van der Waals surface area contributed by atoms with Crippen molar-refractivity contribution in [1.82, 2.24) is 0 Å². The number of aliphatic hydroxyl groups excluding tert-OH is 1. The van der Waals surface area contributed by atoms with Gasteiger partial charge >= 0.3 is 0 Å².